The number of benzene rings is 3. The second-order valence-corrected chi connectivity index (χ2v) is 6.43. The molecular formula is C21H13ClFNO3. The lowest BCUT2D eigenvalue weighted by atomic mass is 10.1. The second-order valence-electron chi connectivity index (χ2n) is 5.99. The minimum Gasteiger partial charge on any atom is -0.423 e. The summed E-state index contributed by atoms with van der Waals surface area (Å²) < 4.78 is 23.9. The largest absolute Gasteiger partial charge is 0.423 e. The Bertz CT molecular complexity index is 1120. The Morgan fingerprint density at radius 2 is 1.89 bits per heavy atom. The lowest BCUT2D eigenvalue weighted by molar-refractivity contribution is 0.0734. The first-order chi connectivity index (χ1) is 13.1. The standard InChI is InChI=1S/C21H13ClFNO3/c22-15-6-4-13(5-7-15)10-19-18-9-8-17(12-20(18)27-24-19)26-21(25)14-2-1-3-16(23)11-14/h1-9,11-12H,10H2. The quantitative estimate of drug-likeness (QED) is 0.349. The maximum absolute atomic E-state index is 13.2. The van der Waals surface area contributed by atoms with Gasteiger partial charge in [0.15, 0.2) is 5.58 Å². The van der Waals surface area contributed by atoms with E-state index < -0.39 is 11.8 Å². The average Bonchev–Trinajstić information content (AvgIpc) is 3.05. The van der Waals surface area contributed by atoms with Gasteiger partial charge in [-0.3, -0.25) is 0 Å². The molecule has 0 amide bonds. The van der Waals surface area contributed by atoms with Gasteiger partial charge in [-0.25, -0.2) is 9.18 Å². The highest BCUT2D eigenvalue weighted by molar-refractivity contribution is 6.30. The molecule has 0 aliphatic heterocycles. The number of halogens is 2. The average molecular weight is 382 g/mol. The van der Waals surface area contributed by atoms with Gasteiger partial charge < -0.3 is 9.26 Å². The molecule has 0 bridgehead atoms. The first-order valence-corrected chi connectivity index (χ1v) is 8.57. The van der Waals surface area contributed by atoms with Crippen molar-refractivity contribution in [3.8, 4) is 5.75 Å². The summed E-state index contributed by atoms with van der Waals surface area (Å²) in [6.45, 7) is 0. The van der Waals surface area contributed by atoms with Crippen LogP contribution in [0.15, 0.2) is 71.3 Å². The highest BCUT2D eigenvalue weighted by atomic mass is 35.5. The summed E-state index contributed by atoms with van der Waals surface area (Å²) in [6, 6.07) is 17.9. The molecule has 0 fully saturated rings. The van der Waals surface area contributed by atoms with Crippen LogP contribution in [-0.2, 0) is 6.42 Å². The Morgan fingerprint density at radius 3 is 2.67 bits per heavy atom. The molecule has 4 rings (SSSR count). The number of esters is 1. The fourth-order valence-corrected chi connectivity index (χ4v) is 2.86. The fourth-order valence-electron chi connectivity index (χ4n) is 2.74. The molecule has 0 spiro atoms. The van der Waals surface area contributed by atoms with E-state index >= 15 is 0 Å². The number of nitrogens with zero attached hydrogens (tertiary/aromatic N) is 1. The van der Waals surface area contributed by atoms with Gasteiger partial charge in [0, 0.05) is 22.9 Å². The van der Waals surface area contributed by atoms with Crippen LogP contribution < -0.4 is 4.74 Å². The van der Waals surface area contributed by atoms with Crippen molar-refractivity contribution in [2.45, 2.75) is 6.42 Å². The van der Waals surface area contributed by atoms with Gasteiger partial charge in [-0.1, -0.05) is 35.0 Å². The number of hydrogen-bond donors (Lipinski definition) is 0. The van der Waals surface area contributed by atoms with Gasteiger partial charge in [0.1, 0.15) is 11.6 Å². The maximum Gasteiger partial charge on any atom is 0.343 e. The minimum absolute atomic E-state index is 0.135. The topological polar surface area (TPSA) is 52.3 Å². The fraction of sp³-hybridized carbons (Fsp3) is 0.0476. The van der Waals surface area contributed by atoms with Crippen LogP contribution in [0, 0.1) is 5.82 Å². The molecule has 0 saturated heterocycles. The predicted molar refractivity (Wildman–Crippen MR) is 99.6 cm³/mol. The molecule has 1 heterocycles. The summed E-state index contributed by atoms with van der Waals surface area (Å²) in [5.41, 5.74) is 2.46. The van der Waals surface area contributed by atoms with E-state index in [2.05, 4.69) is 5.16 Å². The highest BCUT2D eigenvalue weighted by Crippen LogP contribution is 2.26. The van der Waals surface area contributed by atoms with Crippen molar-refractivity contribution in [1.82, 2.24) is 5.16 Å². The van der Waals surface area contributed by atoms with Gasteiger partial charge in [0.05, 0.1) is 11.3 Å². The molecule has 0 radical (unpaired) electrons. The van der Waals surface area contributed by atoms with Crippen molar-refractivity contribution < 1.29 is 18.4 Å². The summed E-state index contributed by atoms with van der Waals surface area (Å²) >= 11 is 5.90. The summed E-state index contributed by atoms with van der Waals surface area (Å²) in [5, 5.41) is 5.61. The number of carbonyl (C=O) groups is 1. The van der Waals surface area contributed by atoms with E-state index in [1.807, 2.05) is 24.3 Å². The SMILES string of the molecule is O=C(Oc1ccc2c(Cc3ccc(Cl)cc3)noc2c1)c1cccc(F)c1. The van der Waals surface area contributed by atoms with Gasteiger partial charge in [-0.15, -0.1) is 0 Å². The lowest BCUT2D eigenvalue weighted by Crippen LogP contribution is -2.08. The number of hydrogen-bond acceptors (Lipinski definition) is 4. The van der Waals surface area contributed by atoms with Crippen molar-refractivity contribution in [1.29, 1.82) is 0 Å². The molecule has 0 saturated carbocycles. The third kappa shape index (κ3) is 3.83. The Kier molecular flexibility index (Phi) is 4.60. The number of ether oxygens (including phenoxy) is 1. The van der Waals surface area contributed by atoms with Gasteiger partial charge in [0.25, 0.3) is 0 Å². The smallest absolute Gasteiger partial charge is 0.343 e. The van der Waals surface area contributed by atoms with Crippen LogP contribution in [0.4, 0.5) is 4.39 Å². The van der Waals surface area contributed by atoms with Crippen LogP contribution in [0.25, 0.3) is 11.0 Å². The molecular weight excluding hydrogens is 369 g/mol. The molecule has 0 atom stereocenters. The monoisotopic (exact) mass is 381 g/mol. The van der Waals surface area contributed by atoms with E-state index in [-0.39, 0.29) is 5.56 Å². The molecule has 134 valence electrons. The summed E-state index contributed by atoms with van der Waals surface area (Å²) in [5.74, 6) is -0.845. The Hall–Kier alpha value is -3.18. The first-order valence-electron chi connectivity index (χ1n) is 8.19. The molecule has 27 heavy (non-hydrogen) atoms. The Morgan fingerprint density at radius 1 is 1.07 bits per heavy atom. The minimum atomic E-state index is -0.644. The Balaban J connectivity index is 1.55. The summed E-state index contributed by atoms with van der Waals surface area (Å²) in [6.07, 6.45) is 0.590. The molecule has 6 heteroatoms. The number of fused-ring (bicyclic) bond motifs is 1. The predicted octanol–water partition coefficient (Wildman–Crippen LogP) is 5.43. The van der Waals surface area contributed by atoms with Crippen LogP contribution in [0.3, 0.4) is 0 Å². The number of rotatable bonds is 4. The number of aromatic nitrogens is 1. The van der Waals surface area contributed by atoms with E-state index in [1.165, 1.54) is 18.2 Å². The van der Waals surface area contributed by atoms with Gasteiger partial charge in [0.2, 0.25) is 0 Å². The van der Waals surface area contributed by atoms with E-state index in [0.717, 1.165) is 22.7 Å². The summed E-state index contributed by atoms with van der Waals surface area (Å²) in [7, 11) is 0. The van der Waals surface area contributed by atoms with Crippen molar-refractivity contribution in [3.63, 3.8) is 0 Å². The Labute approximate surface area is 159 Å². The maximum atomic E-state index is 13.2. The van der Waals surface area contributed by atoms with Gasteiger partial charge >= 0.3 is 5.97 Å². The lowest BCUT2D eigenvalue weighted by Gasteiger charge is -2.04. The molecule has 4 aromatic rings. The third-order valence-electron chi connectivity index (χ3n) is 4.07. The van der Waals surface area contributed by atoms with Crippen LogP contribution in [-0.4, -0.2) is 11.1 Å². The first kappa shape index (κ1) is 17.2. The zero-order valence-corrected chi connectivity index (χ0v) is 14.7. The van der Waals surface area contributed by atoms with Crippen LogP contribution in [0.2, 0.25) is 5.02 Å². The second kappa shape index (κ2) is 7.21. The summed E-state index contributed by atoms with van der Waals surface area (Å²) in [4.78, 5) is 12.1. The van der Waals surface area contributed by atoms with Gasteiger partial charge in [-0.2, -0.15) is 0 Å². The molecule has 3 aromatic carbocycles. The van der Waals surface area contributed by atoms with E-state index in [9.17, 15) is 9.18 Å². The van der Waals surface area contributed by atoms with E-state index in [1.54, 1.807) is 18.2 Å². The van der Waals surface area contributed by atoms with E-state index in [4.69, 9.17) is 20.9 Å². The normalized spacial score (nSPS) is 10.9. The number of carbonyl (C=O) groups excluding carboxylic acids is 1. The van der Waals surface area contributed by atoms with Crippen molar-refractivity contribution in [3.05, 3.63) is 94.4 Å². The zero-order valence-electron chi connectivity index (χ0n) is 14.0. The molecule has 0 unspecified atom stereocenters. The van der Waals surface area contributed by atoms with Crippen LogP contribution >= 0.6 is 11.6 Å². The van der Waals surface area contributed by atoms with Crippen molar-refractivity contribution in [2.24, 2.45) is 0 Å². The molecule has 0 aliphatic rings. The molecule has 0 aliphatic carbocycles. The van der Waals surface area contributed by atoms with E-state index in [0.29, 0.717) is 22.8 Å². The zero-order chi connectivity index (χ0) is 18.8. The van der Waals surface area contributed by atoms with Crippen LogP contribution in [0.5, 0.6) is 5.75 Å². The molecule has 1 aromatic heterocycles. The van der Waals surface area contributed by atoms with Crippen molar-refractivity contribution in [2.75, 3.05) is 0 Å². The molecule has 0 N–H and O–H groups in total. The highest BCUT2D eigenvalue weighted by Gasteiger charge is 2.13. The van der Waals surface area contributed by atoms with Gasteiger partial charge in [-0.05, 0) is 48.0 Å². The molecule has 4 nitrogen and oxygen atoms in total. The van der Waals surface area contributed by atoms with Crippen molar-refractivity contribution >= 4 is 28.5 Å². The third-order valence-corrected chi connectivity index (χ3v) is 4.33. The van der Waals surface area contributed by atoms with Crippen LogP contribution in [0.1, 0.15) is 21.6 Å².